The third kappa shape index (κ3) is 4.63. The number of allylic oxidation sites excluding steroid dienone is 1. The van der Waals surface area contributed by atoms with E-state index < -0.39 is 30.4 Å². The average molecular weight is 477 g/mol. The summed E-state index contributed by atoms with van der Waals surface area (Å²) in [6.07, 6.45) is 1.79. The van der Waals surface area contributed by atoms with Gasteiger partial charge in [0.2, 0.25) is 0 Å². The molecular formula is C25H24FN5O4. The van der Waals surface area contributed by atoms with Crippen molar-refractivity contribution in [1.29, 1.82) is 5.26 Å². The van der Waals surface area contributed by atoms with Crippen molar-refractivity contribution in [1.82, 2.24) is 15.2 Å². The number of hydrogen-bond donors (Lipinski definition) is 2. The number of pyridine rings is 1. The molecule has 4 rings (SSSR count). The largest absolute Gasteiger partial charge is 0.389 e. The first-order valence-electron chi connectivity index (χ1n) is 11.1. The molecule has 1 aliphatic carbocycles. The maximum atomic E-state index is 13.9. The molecule has 2 N–H and O–H groups in total. The van der Waals surface area contributed by atoms with Crippen LogP contribution in [0.15, 0.2) is 53.9 Å². The third-order valence-corrected chi connectivity index (χ3v) is 5.84. The van der Waals surface area contributed by atoms with E-state index in [1.54, 1.807) is 24.3 Å². The van der Waals surface area contributed by atoms with E-state index in [9.17, 15) is 23.9 Å². The molecule has 0 bridgehead atoms. The fourth-order valence-electron chi connectivity index (χ4n) is 4.25. The highest BCUT2D eigenvalue weighted by Gasteiger charge is 2.48. The molecule has 1 aromatic heterocycles. The van der Waals surface area contributed by atoms with Gasteiger partial charge in [-0.15, -0.1) is 0 Å². The number of alkyl halides is 1. The number of hydrogen-bond acceptors (Lipinski definition) is 6. The minimum atomic E-state index is -1.24. The normalized spacial score (nSPS) is 18.0. The summed E-state index contributed by atoms with van der Waals surface area (Å²) in [5, 5.41) is 21.8. The number of carbonyl (C=O) groups excluding carboxylic acids is 3. The monoisotopic (exact) mass is 477 g/mol. The molecule has 1 unspecified atom stereocenters. The van der Waals surface area contributed by atoms with Crippen molar-refractivity contribution in [2.45, 2.75) is 45.0 Å². The predicted molar refractivity (Wildman–Crippen MR) is 124 cm³/mol. The van der Waals surface area contributed by atoms with E-state index in [-0.39, 0.29) is 36.4 Å². The number of rotatable bonds is 5. The number of urea groups is 2. The molecule has 0 spiro atoms. The van der Waals surface area contributed by atoms with E-state index in [4.69, 9.17) is 5.26 Å². The standard InChI is InChI=1S/C25H24FN5O4/c1-25(2,35)14-29-23(33)31-22(16-5-3-15(13-27)4-6-16)21-19(7-8-20(21)32)30(24(31)34)18-9-10-28-17(11-18)12-26/h3-6,9-11,22,35H,7-8,12,14H2,1-2H3,(H,29,33). The zero-order chi connectivity index (χ0) is 25.3. The number of anilines is 1. The first kappa shape index (κ1) is 24.0. The van der Waals surface area contributed by atoms with Crippen LogP contribution in [-0.2, 0) is 11.5 Å². The molecule has 2 aliphatic rings. The van der Waals surface area contributed by atoms with Gasteiger partial charge in [0, 0.05) is 30.4 Å². The Balaban J connectivity index is 1.88. The Bertz CT molecular complexity index is 1260. The number of nitrogens with one attached hydrogen (secondary N) is 1. The molecule has 0 fully saturated rings. The Morgan fingerprint density at radius 2 is 1.97 bits per heavy atom. The molecule has 10 heteroatoms. The van der Waals surface area contributed by atoms with Gasteiger partial charge in [0.25, 0.3) is 0 Å². The van der Waals surface area contributed by atoms with E-state index in [0.29, 0.717) is 22.5 Å². The molecule has 1 aliphatic heterocycles. The SMILES string of the molecule is CC(C)(O)CNC(=O)N1C(=O)N(c2ccnc(CF)c2)C2=C(C(=O)CC2)C1c1ccc(C#N)cc1. The second-order valence-electron chi connectivity index (χ2n) is 9.02. The van der Waals surface area contributed by atoms with E-state index in [2.05, 4.69) is 10.3 Å². The fourth-order valence-corrected chi connectivity index (χ4v) is 4.25. The Kier molecular flexibility index (Phi) is 6.37. The van der Waals surface area contributed by atoms with Gasteiger partial charge in [0.1, 0.15) is 6.67 Å². The number of nitriles is 1. The fraction of sp³-hybridized carbons (Fsp3) is 0.320. The Morgan fingerprint density at radius 1 is 1.26 bits per heavy atom. The molecule has 2 heterocycles. The van der Waals surface area contributed by atoms with Crippen molar-refractivity contribution in [3.63, 3.8) is 0 Å². The first-order chi connectivity index (χ1) is 16.6. The molecule has 4 amide bonds. The number of imide groups is 1. The number of benzene rings is 1. The van der Waals surface area contributed by atoms with Crippen LogP contribution in [-0.4, -0.2) is 45.0 Å². The number of amides is 4. The second kappa shape index (κ2) is 9.27. The lowest BCUT2D eigenvalue weighted by Gasteiger charge is -2.41. The van der Waals surface area contributed by atoms with Gasteiger partial charge in [-0.3, -0.25) is 14.7 Å². The highest BCUT2D eigenvalue weighted by Crippen LogP contribution is 2.45. The molecule has 35 heavy (non-hydrogen) atoms. The Hall–Kier alpha value is -4.10. The van der Waals surface area contributed by atoms with Gasteiger partial charge >= 0.3 is 12.1 Å². The first-order valence-corrected chi connectivity index (χ1v) is 11.1. The van der Waals surface area contributed by atoms with E-state index in [1.165, 1.54) is 37.1 Å². The smallest absolute Gasteiger partial charge is 0.337 e. The number of carbonyl (C=O) groups is 3. The van der Waals surface area contributed by atoms with Gasteiger partial charge < -0.3 is 10.4 Å². The maximum absolute atomic E-state index is 13.9. The zero-order valence-corrected chi connectivity index (χ0v) is 19.3. The van der Waals surface area contributed by atoms with Crippen molar-refractivity contribution < 1.29 is 23.9 Å². The molecule has 0 radical (unpaired) electrons. The molecule has 9 nitrogen and oxygen atoms in total. The summed E-state index contributed by atoms with van der Waals surface area (Å²) >= 11 is 0. The molecule has 1 aromatic carbocycles. The van der Waals surface area contributed by atoms with Crippen LogP contribution in [0.5, 0.6) is 0 Å². The van der Waals surface area contributed by atoms with Crippen LogP contribution in [0.4, 0.5) is 19.7 Å². The molecule has 1 atom stereocenters. The lowest BCUT2D eigenvalue weighted by Crippen LogP contribution is -2.56. The van der Waals surface area contributed by atoms with Gasteiger partial charge in [0.15, 0.2) is 5.78 Å². The number of ketones is 1. The summed E-state index contributed by atoms with van der Waals surface area (Å²) in [7, 11) is 0. The van der Waals surface area contributed by atoms with E-state index in [0.717, 1.165) is 4.90 Å². The summed E-state index contributed by atoms with van der Waals surface area (Å²) in [4.78, 5) is 46.4. The van der Waals surface area contributed by atoms with Gasteiger partial charge in [-0.2, -0.15) is 5.26 Å². The maximum Gasteiger partial charge on any atom is 0.337 e. The summed E-state index contributed by atoms with van der Waals surface area (Å²) in [6.45, 7) is 2.03. The third-order valence-electron chi connectivity index (χ3n) is 5.84. The molecular weight excluding hydrogens is 453 g/mol. The summed E-state index contributed by atoms with van der Waals surface area (Å²) < 4.78 is 13.3. The van der Waals surface area contributed by atoms with E-state index in [1.807, 2.05) is 6.07 Å². The quantitative estimate of drug-likeness (QED) is 0.679. The Labute approximate surface area is 201 Å². The predicted octanol–water partition coefficient (Wildman–Crippen LogP) is 3.50. The van der Waals surface area contributed by atoms with Gasteiger partial charge in [-0.05, 0) is 50.1 Å². The lowest BCUT2D eigenvalue weighted by molar-refractivity contribution is -0.115. The minimum absolute atomic E-state index is 0.106. The van der Waals surface area contributed by atoms with E-state index >= 15 is 0 Å². The van der Waals surface area contributed by atoms with Crippen molar-refractivity contribution in [2.75, 3.05) is 11.4 Å². The van der Waals surface area contributed by atoms with Crippen LogP contribution in [0.25, 0.3) is 0 Å². The number of halogens is 1. The number of Topliss-reactive ketones (excluding diaryl/α,β-unsaturated/α-hetero) is 1. The van der Waals surface area contributed by atoms with Crippen LogP contribution in [0, 0.1) is 11.3 Å². The topological polar surface area (TPSA) is 127 Å². The van der Waals surface area contributed by atoms with Crippen LogP contribution < -0.4 is 10.2 Å². The molecule has 0 saturated carbocycles. The van der Waals surface area contributed by atoms with Crippen LogP contribution in [0.3, 0.4) is 0 Å². The van der Waals surface area contributed by atoms with Crippen LogP contribution in [0.1, 0.15) is 49.6 Å². The summed E-state index contributed by atoms with van der Waals surface area (Å²) in [6, 6.07) is 8.69. The number of aromatic nitrogens is 1. The van der Waals surface area contributed by atoms with Gasteiger partial charge in [-0.1, -0.05) is 12.1 Å². The van der Waals surface area contributed by atoms with Crippen molar-refractivity contribution in [3.8, 4) is 6.07 Å². The average Bonchev–Trinajstić information content (AvgIpc) is 3.22. The summed E-state index contributed by atoms with van der Waals surface area (Å²) in [5.41, 5.74) is 0.749. The highest BCUT2D eigenvalue weighted by atomic mass is 19.1. The van der Waals surface area contributed by atoms with Gasteiger partial charge in [0.05, 0.1) is 34.7 Å². The lowest BCUT2D eigenvalue weighted by atomic mass is 9.92. The zero-order valence-electron chi connectivity index (χ0n) is 19.3. The highest BCUT2D eigenvalue weighted by molar-refractivity contribution is 6.12. The number of aliphatic hydroxyl groups is 1. The van der Waals surface area contributed by atoms with Crippen molar-refractivity contribution >= 4 is 23.5 Å². The Morgan fingerprint density at radius 3 is 2.60 bits per heavy atom. The van der Waals surface area contributed by atoms with Crippen molar-refractivity contribution in [3.05, 3.63) is 70.7 Å². The summed E-state index contributed by atoms with van der Waals surface area (Å²) in [5.74, 6) is -0.216. The van der Waals surface area contributed by atoms with Crippen molar-refractivity contribution in [2.24, 2.45) is 0 Å². The molecule has 0 saturated heterocycles. The molecule has 2 aromatic rings. The second-order valence-corrected chi connectivity index (χ2v) is 9.02. The van der Waals surface area contributed by atoms with Crippen LogP contribution in [0.2, 0.25) is 0 Å². The minimum Gasteiger partial charge on any atom is -0.389 e. The van der Waals surface area contributed by atoms with Crippen LogP contribution >= 0.6 is 0 Å². The molecule has 180 valence electrons. The number of nitrogens with zero attached hydrogens (tertiary/aromatic N) is 4. The van der Waals surface area contributed by atoms with Gasteiger partial charge in [-0.25, -0.2) is 18.9 Å².